The fraction of sp³-hybridized carbons (Fsp3) is 0.167. The molecule has 0 atom stereocenters. The SMILES string of the molecule is Cc1ccc(C(=O)NCc2nc(-c3ccccn3)cs2)cc1C. The average molecular weight is 323 g/mol. The highest BCUT2D eigenvalue weighted by molar-refractivity contribution is 7.09. The standard InChI is InChI=1S/C18H17N3OS/c1-12-6-7-14(9-13(12)2)18(22)20-10-17-21-16(11-23-17)15-5-3-4-8-19-15/h3-9,11H,10H2,1-2H3,(H,20,22). The molecule has 0 bridgehead atoms. The lowest BCUT2D eigenvalue weighted by atomic mass is 10.1. The van der Waals surface area contributed by atoms with E-state index in [4.69, 9.17) is 0 Å². The molecule has 0 aliphatic carbocycles. The molecule has 0 saturated carbocycles. The van der Waals surface area contributed by atoms with Gasteiger partial charge in [-0.2, -0.15) is 0 Å². The highest BCUT2D eigenvalue weighted by Crippen LogP contribution is 2.19. The van der Waals surface area contributed by atoms with Crippen molar-refractivity contribution in [3.05, 3.63) is 69.7 Å². The summed E-state index contributed by atoms with van der Waals surface area (Å²) in [6, 6.07) is 11.5. The molecule has 0 aliphatic heterocycles. The number of pyridine rings is 1. The van der Waals surface area contributed by atoms with Crippen molar-refractivity contribution >= 4 is 17.2 Å². The van der Waals surface area contributed by atoms with Gasteiger partial charge in [0.25, 0.3) is 5.91 Å². The summed E-state index contributed by atoms with van der Waals surface area (Å²) in [5.74, 6) is -0.0808. The van der Waals surface area contributed by atoms with Gasteiger partial charge in [0.15, 0.2) is 0 Å². The predicted molar refractivity (Wildman–Crippen MR) is 92.4 cm³/mol. The summed E-state index contributed by atoms with van der Waals surface area (Å²) in [5.41, 5.74) is 4.65. The fourth-order valence-electron chi connectivity index (χ4n) is 2.16. The van der Waals surface area contributed by atoms with Crippen LogP contribution in [0.15, 0.2) is 48.0 Å². The smallest absolute Gasteiger partial charge is 0.251 e. The predicted octanol–water partition coefficient (Wildman–Crippen LogP) is 3.75. The molecule has 2 heterocycles. The zero-order chi connectivity index (χ0) is 16.2. The van der Waals surface area contributed by atoms with Crippen LogP contribution in [0.5, 0.6) is 0 Å². The molecule has 23 heavy (non-hydrogen) atoms. The quantitative estimate of drug-likeness (QED) is 0.795. The maximum absolute atomic E-state index is 12.2. The van der Waals surface area contributed by atoms with Crippen molar-refractivity contribution in [3.8, 4) is 11.4 Å². The Morgan fingerprint density at radius 1 is 1.13 bits per heavy atom. The van der Waals surface area contributed by atoms with Crippen molar-refractivity contribution in [3.63, 3.8) is 0 Å². The van der Waals surface area contributed by atoms with Gasteiger partial charge in [-0.25, -0.2) is 4.98 Å². The normalized spacial score (nSPS) is 10.5. The Bertz CT molecular complexity index is 827. The van der Waals surface area contributed by atoms with E-state index in [0.29, 0.717) is 12.1 Å². The summed E-state index contributed by atoms with van der Waals surface area (Å²) < 4.78 is 0. The highest BCUT2D eigenvalue weighted by atomic mass is 32.1. The molecule has 4 nitrogen and oxygen atoms in total. The van der Waals surface area contributed by atoms with E-state index < -0.39 is 0 Å². The molecule has 0 fully saturated rings. The third-order valence-electron chi connectivity index (χ3n) is 3.65. The summed E-state index contributed by atoms with van der Waals surface area (Å²) in [6.45, 7) is 4.46. The van der Waals surface area contributed by atoms with E-state index in [2.05, 4.69) is 15.3 Å². The molecule has 2 aromatic heterocycles. The maximum Gasteiger partial charge on any atom is 0.251 e. The van der Waals surface area contributed by atoms with Crippen LogP contribution in [-0.4, -0.2) is 15.9 Å². The molecule has 3 aromatic rings. The van der Waals surface area contributed by atoms with E-state index in [-0.39, 0.29) is 5.91 Å². The van der Waals surface area contributed by atoms with Crippen molar-refractivity contribution < 1.29 is 4.79 Å². The van der Waals surface area contributed by atoms with Gasteiger partial charge in [0, 0.05) is 17.1 Å². The minimum atomic E-state index is -0.0808. The number of carbonyl (C=O) groups excluding carboxylic acids is 1. The molecule has 1 N–H and O–H groups in total. The van der Waals surface area contributed by atoms with Crippen molar-refractivity contribution in [2.24, 2.45) is 0 Å². The Morgan fingerprint density at radius 3 is 2.74 bits per heavy atom. The van der Waals surface area contributed by atoms with Crippen LogP contribution < -0.4 is 5.32 Å². The number of nitrogens with one attached hydrogen (secondary N) is 1. The van der Waals surface area contributed by atoms with Crippen molar-refractivity contribution in [1.82, 2.24) is 15.3 Å². The topological polar surface area (TPSA) is 54.9 Å². The Balaban J connectivity index is 1.65. The highest BCUT2D eigenvalue weighted by Gasteiger charge is 2.09. The Hall–Kier alpha value is -2.53. The van der Waals surface area contributed by atoms with Gasteiger partial charge in [0.1, 0.15) is 5.01 Å². The molecule has 1 amide bonds. The number of nitrogens with zero attached hydrogens (tertiary/aromatic N) is 2. The molecule has 0 spiro atoms. The van der Waals surface area contributed by atoms with Gasteiger partial charge in [-0.15, -0.1) is 11.3 Å². The first-order valence-corrected chi connectivity index (χ1v) is 8.23. The van der Waals surface area contributed by atoms with Crippen LogP contribution in [0.2, 0.25) is 0 Å². The van der Waals surface area contributed by atoms with E-state index in [0.717, 1.165) is 22.0 Å². The first-order valence-electron chi connectivity index (χ1n) is 7.35. The minimum absolute atomic E-state index is 0.0808. The fourth-order valence-corrected chi connectivity index (χ4v) is 2.89. The van der Waals surface area contributed by atoms with E-state index in [1.54, 1.807) is 6.20 Å². The maximum atomic E-state index is 12.2. The number of thiazole rings is 1. The third kappa shape index (κ3) is 3.63. The van der Waals surface area contributed by atoms with E-state index >= 15 is 0 Å². The first kappa shape index (κ1) is 15.4. The van der Waals surface area contributed by atoms with E-state index in [9.17, 15) is 4.79 Å². The average Bonchev–Trinajstić information content (AvgIpc) is 3.05. The van der Waals surface area contributed by atoms with Crippen LogP contribution in [0.3, 0.4) is 0 Å². The number of aryl methyl sites for hydroxylation is 2. The monoisotopic (exact) mass is 323 g/mol. The molecule has 0 radical (unpaired) electrons. The number of hydrogen-bond acceptors (Lipinski definition) is 4. The molecule has 3 rings (SSSR count). The van der Waals surface area contributed by atoms with Gasteiger partial charge in [-0.3, -0.25) is 9.78 Å². The summed E-state index contributed by atoms with van der Waals surface area (Å²) >= 11 is 1.52. The number of carbonyl (C=O) groups is 1. The van der Waals surface area contributed by atoms with Crippen LogP contribution >= 0.6 is 11.3 Å². The second-order valence-electron chi connectivity index (χ2n) is 5.32. The molecule has 1 aromatic carbocycles. The summed E-state index contributed by atoms with van der Waals surface area (Å²) in [7, 11) is 0. The van der Waals surface area contributed by atoms with Gasteiger partial charge in [-0.05, 0) is 49.2 Å². The van der Waals surface area contributed by atoms with Gasteiger partial charge in [0.05, 0.1) is 17.9 Å². The first-order chi connectivity index (χ1) is 11.1. The van der Waals surface area contributed by atoms with E-state index in [1.807, 2.05) is 55.6 Å². The molecule has 5 heteroatoms. The summed E-state index contributed by atoms with van der Waals surface area (Å²) in [5, 5.41) is 5.74. The number of rotatable bonds is 4. The van der Waals surface area contributed by atoms with Crippen LogP contribution in [0.4, 0.5) is 0 Å². The lowest BCUT2D eigenvalue weighted by Gasteiger charge is -2.06. The summed E-state index contributed by atoms with van der Waals surface area (Å²) in [6.07, 6.45) is 1.75. The molecule has 0 saturated heterocycles. The van der Waals surface area contributed by atoms with Gasteiger partial charge in [-0.1, -0.05) is 12.1 Å². The van der Waals surface area contributed by atoms with Crippen LogP contribution in [0.25, 0.3) is 11.4 Å². The van der Waals surface area contributed by atoms with Crippen molar-refractivity contribution in [1.29, 1.82) is 0 Å². The van der Waals surface area contributed by atoms with Crippen LogP contribution in [0, 0.1) is 13.8 Å². The minimum Gasteiger partial charge on any atom is -0.346 e. The number of benzene rings is 1. The number of aromatic nitrogens is 2. The second kappa shape index (κ2) is 6.71. The molecule has 0 unspecified atom stereocenters. The molecule has 116 valence electrons. The lowest BCUT2D eigenvalue weighted by molar-refractivity contribution is 0.0951. The Morgan fingerprint density at radius 2 is 2.00 bits per heavy atom. The molecular weight excluding hydrogens is 306 g/mol. The molecule has 0 aliphatic rings. The largest absolute Gasteiger partial charge is 0.346 e. The summed E-state index contributed by atoms with van der Waals surface area (Å²) in [4.78, 5) is 21.0. The van der Waals surface area contributed by atoms with Crippen molar-refractivity contribution in [2.45, 2.75) is 20.4 Å². The van der Waals surface area contributed by atoms with Crippen LogP contribution in [-0.2, 0) is 6.54 Å². The lowest BCUT2D eigenvalue weighted by Crippen LogP contribution is -2.22. The third-order valence-corrected chi connectivity index (χ3v) is 4.50. The second-order valence-corrected chi connectivity index (χ2v) is 6.27. The van der Waals surface area contributed by atoms with E-state index in [1.165, 1.54) is 16.9 Å². The van der Waals surface area contributed by atoms with Gasteiger partial charge >= 0.3 is 0 Å². The Kier molecular flexibility index (Phi) is 4.48. The van der Waals surface area contributed by atoms with Crippen molar-refractivity contribution in [2.75, 3.05) is 0 Å². The van der Waals surface area contributed by atoms with Crippen LogP contribution in [0.1, 0.15) is 26.5 Å². The molecular formula is C18H17N3OS. The van der Waals surface area contributed by atoms with Gasteiger partial charge in [0.2, 0.25) is 0 Å². The van der Waals surface area contributed by atoms with Gasteiger partial charge < -0.3 is 5.32 Å². The number of amides is 1. The zero-order valence-corrected chi connectivity index (χ0v) is 13.9. The Labute approximate surface area is 139 Å². The zero-order valence-electron chi connectivity index (χ0n) is 13.0. The number of hydrogen-bond donors (Lipinski definition) is 1.